The number of benzene rings is 1. The molecule has 4 nitrogen and oxygen atoms in total. The fourth-order valence-corrected chi connectivity index (χ4v) is 15.8. The predicted octanol–water partition coefficient (Wildman–Crippen LogP) is 14.3. The molecule has 0 amide bonds. The second-order valence-electron chi connectivity index (χ2n) is 16.5. The van der Waals surface area contributed by atoms with Gasteiger partial charge in [0.2, 0.25) is 0 Å². The van der Waals surface area contributed by atoms with Gasteiger partial charge in [-0.15, -0.1) is 0 Å². The number of hydrogen-bond donors (Lipinski definition) is 0. The third kappa shape index (κ3) is 10.2. The van der Waals surface area contributed by atoms with Gasteiger partial charge in [-0.05, 0) is 0 Å². The monoisotopic (exact) mass is 902 g/mol. The van der Waals surface area contributed by atoms with Crippen LogP contribution < -0.4 is 10.4 Å². The molecule has 0 radical (unpaired) electrons. The zero-order valence-electron chi connectivity index (χ0n) is 35.3. The molecular formula is C50H62O4S3Se. The van der Waals surface area contributed by atoms with E-state index in [4.69, 9.17) is 9.47 Å². The van der Waals surface area contributed by atoms with Crippen LogP contribution in [0.5, 0.6) is 0 Å². The van der Waals surface area contributed by atoms with Gasteiger partial charge in [-0.1, -0.05) is 26.7 Å². The van der Waals surface area contributed by atoms with Crippen molar-refractivity contribution in [2.24, 2.45) is 0 Å². The summed E-state index contributed by atoms with van der Waals surface area (Å²) in [4.78, 5) is 32.4. The Balaban J connectivity index is 1.15. The van der Waals surface area contributed by atoms with Crippen LogP contribution in [0.25, 0.3) is 39.5 Å². The van der Waals surface area contributed by atoms with E-state index in [1.165, 1.54) is 159 Å². The molecule has 1 aromatic carbocycles. The third-order valence-electron chi connectivity index (χ3n) is 12.0. The van der Waals surface area contributed by atoms with Gasteiger partial charge in [-0.3, -0.25) is 0 Å². The summed E-state index contributed by atoms with van der Waals surface area (Å²) < 4.78 is 16.1. The number of hydrogen-bond acceptors (Lipinski definition) is 7. The van der Waals surface area contributed by atoms with E-state index in [-0.39, 0.29) is 26.4 Å². The molecule has 0 atom stereocenters. The molecule has 0 saturated heterocycles. The van der Waals surface area contributed by atoms with Gasteiger partial charge in [-0.25, -0.2) is 0 Å². The summed E-state index contributed by atoms with van der Waals surface area (Å²) in [5, 5.41) is 1.37. The average Bonchev–Trinajstić information content (AvgIpc) is 4.08. The van der Waals surface area contributed by atoms with Gasteiger partial charge in [0, 0.05) is 0 Å². The Kier molecular flexibility index (Phi) is 15.8. The molecule has 0 aliphatic carbocycles. The van der Waals surface area contributed by atoms with E-state index in [1.54, 1.807) is 50.5 Å². The Labute approximate surface area is 364 Å². The minimum atomic E-state index is -0.367. The minimum absolute atomic E-state index is 0.201. The molecule has 0 spiro atoms. The second kappa shape index (κ2) is 21.2. The van der Waals surface area contributed by atoms with Crippen LogP contribution in [0.3, 0.4) is 0 Å². The van der Waals surface area contributed by atoms with Crippen molar-refractivity contribution in [3.63, 3.8) is 0 Å². The SMILES string of the molecule is CCCCCCCCCCCCc1c(-c2ccc(C3=c4cc5c(cc4C(=O)O3)=C(C)OC5=O)s2)[se]c2c(CCCCCCCCCCCC)c(-c3ccc(C)s3)sc12. The standard InChI is InChI=1S/C50H62O4S3Se/c1-5-7-9-11-13-15-17-19-21-23-25-35-45(42-28-27-33(3)55-42)57-46-36(26-24-22-20-18-16-14-12-10-8-6-2)47(58-48(35)46)43-30-29-41(56-43)44-38-32-39-37(34(4)53-49(39)51)31-40(38)50(52)54-44/h27-32H,5-26H2,1-4H3. The van der Waals surface area contributed by atoms with Gasteiger partial charge in [0.25, 0.3) is 0 Å². The molecule has 58 heavy (non-hydrogen) atoms. The maximum absolute atomic E-state index is 13.2. The molecule has 8 heteroatoms. The quantitative estimate of drug-likeness (QED) is 0.0333. The van der Waals surface area contributed by atoms with Crippen molar-refractivity contribution in [3.8, 4) is 19.1 Å². The topological polar surface area (TPSA) is 52.6 Å². The zero-order chi connectivity index (χ0) is 40.4. The Morgan fingerprint density at radius 2 is 1.05 bits per heavy atom. The van der Waals surface area contributed by atoms with Crippen molar-refractivity contribution in [2.45, 2.75) is 169 Å². The molecule has 2 aliphatic heterocycles. The van der Waals surface area contributed by atoms with Crippen molar-refractivity contribution < 1.29 is 19.1 Å². The molecule has 4 aromatic heterocycles. The van der Waals surface area contributed by atoms with Crippen molar-refractivity contribution in [1.29, 1.82) is 0 Å². The number of unbranched alkanes of at least 4 members (excludes halogenated alkanes) is 18. The van der Waals surface area contributed by atoms with E-state index in [0.717, 1.165) is 11.3 Å². The first-order chi connectivity index (χ1) is 28.4. The predicted molar refractivity (Wildman–Crippen MR) is 249 cm³/mol. The number of cyclic esters (lactones) is 2. The summed E-state index contributed by atoms with van der Waals surface area (Å²) >= 11 is 5.96. The van der Waals surface area contributed by atoms with E-state index in [2.05, 4.69) is 56.4 Å². The number of thiophene rings is 3. The first-order valence-corrected chi connectivity index (χ1v) is 26.6. The van der Waals surface area contributed by atoms with Gasteiger partial charge >= 0.3 is 340 Å². The normalized spacial score (nSPS) is 13.6. The van der Waals surface area contributed by atoms with Crippen LogP contribution in [0.4, 0.5) is 0 Å². The molecular weight excluding hydrogens is 840 g/mol. The number of rotatable bonds is 25. The Bertz CT molecular complexity index is 2320. The number of aryl methyl sites for hydroxylation is 3. The third-order valence-corrected chi connectivity index (χ3v) is 18.9. The molecule has 0 unspecified atom stereocenters. The van der Waals surface area contributed by atoms with E-state index in [1.807, 2.05) is 11.3 Å². The Hall–Kier alpha value is -2.74. The summed E-state index contributed by atoms with van der Waals surface area (Å²) in [5.74, 6) is 0.361. The fraction of sp³-hybridized carbons (Fsp3) is 0.520. The molecule has 2 aliphatic rings. The second-order valence-corrected chi connectivity index (χ2v) is 22.1. The van der Waals surface area contributed by atoms with Gasteiger partial charge in [-0.2, -0.15) is 0 Å². The van der Waals surface area contributed by atoms with Crippen LogP contribution in [0.2, 0.25) is 0 Å². The maximum atomic E-state index is 13.2. The van der Waals surface area contributed by atoms with Gasteiger partial charge in [0.15, 0.2) is 0 Å². The first-order valence-electron chi connectivity index (χ1n) is 22.5. The molecule has 0 N–H and O–H groups in total. The average molecular weight is 902 g/mol. The van der Waals surface area contributed by atoms with E-state index in [0.29, 0.717) is 33.1 Å². The van der Waals surface area contributed by atoms with Gasteiger partial charge in [0.1, 0.15) is 0 Å². The van der Waals surface area contributed by atoms with Crippen molar-refractivity contribution in [1.82, 2.24) is 0 Å². The summed E-state index contributed by atoms with van der Waals surface area (Å²) in [6, 6.07) is 12.6. The van der Waals surface area contributed by atoms with Crippen LogP contribution in [0.15, 0.2) is 36.4 Å². The van der Waals surface area contributed by atoms with Crippen molar-refractivity contribution in [2.75, 3.05) is 0 Å². The van der Waals surface area contributed by atoms with Crippen molar-refractivity contribution in [3.05, 3.63) is 78.8 Å². The Morgan fingerprint density at radius 1 is 0.534 bits per heavy atom. The van der Waals surface area contributed by atoms with E-state index >= 15 is 0 Å². The number of carbonyl (C=O) groups excluding carboxylic acids is 2. The van der Waals surface area contributed by atoms with E-state index in [9.17, 15) is 9.59 Å². The van der Waals surface area contributed by atoms with Crippen LogP contribution in [-0.4, -0.2) is 26.4 Å². The van der Waals surface area contributed by atoms with Gasteiger partial charge < -0.3 is 0 Å². The molecule has 0 fully saturated rings. The summed E-state index contributed by atoms with van der Waals surface area (Å²) in [7, 11) is 0. The number of ether oxygens (including phenoxy) is 2. The zero-order valence-corrected chi connectivity index (χ0v) is 39.4. The first kappa shape index (κ1) is 43.4. The van der Waals surface area contributed by atoms with Gasteiger partial charge in [0.05, 0.1) is 0 Å². The van der Waals surface area contributed by atoms with Crippen LogP contribution in [-0.2, 0) is 22.3 Å². The van der Waals surface area contributed by atoms with E-state index < -0.39 is 0 Å². The summed E-state index contributed by atoms with van der Waals surface area (Å²) in [5.41, 5.74) is 4.19. The van der Waals surface area contributed by atoms with Crippen LogP contribution >= 0.6 is 34.0 Å². The summed E-state index contributed by atoms with van der Waals surface area (Å²) in [6.45, 7) is 8.59. The molecule has 0 saturated carbocycles. The number of fused-ring (bicyclic) bond motifs is 3. The molecule has 7 rings (SSSR count). The molecule has 6 heterocycles. The Morgan fingerprint density at radius 3 is 1.66 bits per heavy atom. The molecule has 5 aromatic rings. The molecule has 310 valence electrons. The van der Waals surface area contributed by atoms with Crippen LogP contribution in [0, 0.1) is 6.92 Å². The molecule has 0 bridgehead atoms. The van der Waals surface area contributed by atoms with Crippen molar-refractivity contribution >= 4 is 80.9 Å². The fourth-order valence-electron chi connectivity index (χ4n) is 8.64. The van der Waals surface area contributed by atoms with Crippen LogP contribution in [0.1, 0.15) is 191 Å². The summed E-state index contributed by atoms with van der Waals surface area (Å²) in [6.07, 6.45) is 29.2. The number of esters is 2. The number of carbonyl (C=O) groups is 2.